The summed E-state index contributed by atoms with van der Waals surface area (Å²) in [5.41, 5.74) is 1.75. The molecule has 4 rings (SSSR count). The van der Waals surface area contributed by atoms with Gasteiger partial charge in [-0.05, 0) is 23.8 Å². The minimum atomic E-state index is -0.368. The van der Waals surface area contributed by atoms with E-state index in [0.29, 0.717) is 18.9 Å². The fourth-order valence-corrected chi connectivity index (χ4v) is 3.06. The third kappa shape index (κ3) is 3.98. The molecule has 3 aromatic rings. The van der Waals surface area contributed by atoms with Crippen molar-refractivity contribution in [3.05, 3.63) is 78.2 Å². The number of carbonyl (C=O) groups is 2. The van der Waals surface area contributed by atoms with Crippen LogP contribution in [-0.2, 0) is 9.59 Å². The van der Waals surface area contributed by atoms with Gasteiger partial charge < -0.3 is 9.32 Å². The normalized spacial score (nSPS) is 16.6. The summed E-state index contributed by atoms with van der Waals surface area (Å²) in [5.74, 6) is -0.224. The molecule has 1 atom stereocenters. The molecule has 2 aromatic carbocycles. The van der Waals surface area contributed by atoms with E-state index < -0.39 is 0 Å². The van der Waals surface area contributed by atoms with Crippen molar-refractivity contribution in [2.45, 2.75) is 12.3 Å². The highest BCUT2D eigenvalue weighted by Gasteiger charge is 2.35. The number of para-hydroxylation sites is 1. The molecule has 7 heteroatoms. The number of hydrogen-bond acceptors (Lipinski definition) is 5. The lowest BCUT2D eigenvalue weighted by Gasteiger charge is -2.15. The van der Waals surface area contributed by atoms with Crippen LogP contribution in [0.1, 0.15) is 23.8 Å². The lowest BCUT2D eigenvalue weighted by molar-refractivity contribution is -0.117. The maximum atomic E-state index is 12.3. The van der Waals surface area contributed by atoms with Gasteiger partial charge in [0.05, 0.1) is 5.92 Å². The SMILES string of the molecule is O=C(C=Cc1ccccc1)Nc1nnc(C2CC(=O)N(c3ccccc3)C2)o1. The van der Waals surface area contributed by atoms with Crippen LogP contribution in [-0.4, -0.2) is 28.6 Å². The summed E-state index contributed by atoms with van der Waals surface area (Å²) in [6.45, 7) is 0.465. The number of nitrogens with zero attached hydrogens (tertiary/aromatic N) is 3. The van der Waals surface area contributed by atoms with Crippen molar-refractivity contribution in [2.24, 2.45) is 0 Å². The molecule has 2 heterocycles. The molecular weight excluding hydrogens is 356 g/mol. The third-order valence-corrected chi connectivity index (χ3v) is 4.44. The average molecular weight is 374 g/mol. The Bertz CT molecular complexity index is 999. The number of rotatable bonds is 5. The molecule has 0 radical (unpaired) electrons. The highest BCUT2D eigenvalue weighted by atomic mass is 16.4. The number of aromatic nitrogens is 2. The Morgan fingerprint density at radius 2 is 1.79 bits per heavy atom. The maximum Gasteiger partial charge on any atom is 0.322 e. The fraction of sp³-hybridized carbons (Fsp3) is 0.143. The molecule has 1 N–H and O–H groups in total. The van der Waals surface area contributed by atoms with Crippen LogP contribution >= 0.6 is 0 Å². The molecule has 1 saturated heterocycles. The van der Waals surface area contributed by atoms with Crippen molar-refractivity contribution < 1.29 is 14.0 Å². The van der Waals surface area contributed by atoms with Crippen molar-refractivity contribution in [2.75, 3.05) is 16.8 Å². The monoisotopic (exact) mass is 374 g/mol. The van der Waals surface area contributed by atoms with Crippen molar-refractivity contribution in [1.29, 1.82) is 0 Å². The molecule has 7 nitrogen and oxygen atoms in total. The fourth-order valence-electron chi connectivity index (χ4n) is 3.06. The van der Waals surface area contributed by atoms with E-state index in [1.54, 1.807) is 11.0 Å². The zero-order valence-electron chi connectivity index (χ0n) is 15.0. The second kappa shape index (κ2) is 7.87. The molecular formula is C21H18N4O3. The van der Waals surface area contributed by atoms with Crippen molar-refractivity contribution in [3.63, 3.8) is 0 Å². The molecule has 0 aliphatic carbocycles. The summed E-state index contributed by atoms with van der Waals surface area (Å²) in [6.07, 6.45) is 3.38. The van der Waals surface area contributed by atoms with Gasteiger partial charge >= 0.3 is 6.01 Å². The van der Waals surface area contributed by atoms with Crippen LogP contribution in [0.5, 0.6) is 0 Å². The van der Waals surface area contributed by atoms with E-state index in [1.165, 1.54) is 6.08 Å². The smallest absolute Gasteiger partial charge is 0.322 e. The van der Waals surface area contributed by atoms with Gasteiger partial charge in [0, 0.05) is 24.7 Å². The summed E-state index contributed by atoms with van der Waals surface area (Å²) in [4.78, 5) is 26.0. The average Bonchev–Trinajstić information content (AvgIpc) is 3.34. The van der Waals surface area contributed by atoms with Crippen LogP contribution < -0.4 is 10.2 Å². The first-order valence-electron chi connectivity index (χ1n) is 8.92. The summed E-state index contributed by atoms with van der Waals surface area (Å²) < 4.78 is 5.56. The molecule has 28 heavy (non-hydrogen) atoms. The van der Waals surface area contributed by atoms with Gasteiger partial charge in [0.1, 0.15) is 0 Å². The molecule has 0 saturated carbocycles. The van der Waals surface area contributed by atoms with Crippen LogP contribution in [0.25, 0.3) is 6.08 Å². The zero-order valence-corrected chi connectivity index (χ0v) is 15.0. The van der Waals surface area contributed by atoms with Gasteiger partial charge in [0.15, 0.2) is 0 Å². The molecule has 1 aromatic heterocycles. The molecule has 2 amide bonds. The molecule has 0 bridgehead atoms. The Morgan fingerprint density at radius 3 is 2.54 bits per heavy atom. The summed E-state index contributed by atoms with van der Waals surface area (Å²) in [7, 11) is 0. The van der Waals surface area contributed by atoms with E-state index >= 15 is 0 Å². The van der Waals surface area contributed by atoms with E-state index in [2.05, 4.69) is 15.5 Å². The lowest BCUT2D eigenvalue weighted by Crippen LogP contribution is -2.24. The molecule has 1 aliphatic rings. The molecule has 140 valence electrons. The second-order valence-electron chi connectivity index (χ2n) is 6.42. The Hall–Kier alpha value is -3.74. The Balaban J connectivity index is 1.39. The quantitative estimate of drug-likeness (QED) is 0.693. The van der Waals surface area contributed by atoms with E-state index in [-0.39, 0.29) is 23.7 Å². The highest BCUT2D eigenvalue weighted by molar-refractivity contribution is 6.00. The Labute approximate surface area is 161 Å². The van der Waals surface area contributed by atoms with Gasteiger partial charge in [0.25, 0.3) is 5.91 Å². The largest absolute Gasteiger partial charge is 0.407 e. The van der Waals surface area contributed by atoms with Crippen LogP contribution in [0.4, 0.5) is 11.7 Å². The minimum absolute atomic E-state index is 0.00535. The topological polar surface area (TPSA) is 88.3 Å². The molecule has 1 fully saturated rings. The van der Waals surface area contributed by atoms with Gasteiger partial charge in [-0.1, -0.05) is 53.6 Å². The molecule has 0 spiro atoms. The van der Waals surface area contributed by atoms with Crippen molar-refractivity contribution >= 4 is 29.6 Å². The Kier molecular flexibility index (Phi) is 4.97. The first kappa shape index (κ1) is 17.7. The zero-order chi connectivity index (χ0) is 19.3. The van der Waals surface area contributed by atoms with Gasteiger partial charge in [-0.15, -0.1) is 5.10 Å². The van der Waals surface area contributed by atoms with Gasteiger partial charge in [-0.2, -0.15) is 0 Å². The molecule has 1 aliphatic heterocycles. The number of hydrogen-bond donors (Lipinski definition) is 1. The standard InChI is InChI=1S/C21H18N4O3/c26-18(12-11-15-7-3-1-4-8-15)22-21-24-23-20(28-21)16-13-19(27)25(14-16)17-9-5-2-6-10-17/h1-12,16H,13-14H2,(H,22,24,26). The third-order valence-electron chi connectivity index (χ3n) is 4.44. The van der Waals surface area contributed by atoms with E-state index in [1.807, 2.05) is 60.7 Å². The van der Waals surface area contributed by atoms with Crippen LogP contribution in [0.15, 0.2) is 71.2 Å². The van der Waals surface area contributed by atoms with Gasteiger partial charge in [-0.25, -0.2) is 0 Å². The minimum Gasteiger partial charge on any atom is -0.407 e. The summed E-state index contributed by atoms with van der Waals surface area (Å²) in [6, 6.07) is 18.9. The predicted octanol–water partition coefficient (Wildman–Crippen LogP) is 3.24. The molecule has 1 unspecified atom stereocenters. The second-order valence-corrected chi connectivity index (χ2v) is 6.42. The number of benzene rings is 2. The van der Waals surface area contributed by atoms with Crippen LogP contribution in [0.3, 0.4) is 0 Å². The number of amides is 2. The van der Waals surface area contributed by atoms with Crippen molar-refractivity contribution in [3.8, 4) is 0 Å². The highest BCUT2D eigenvalue weighted by Crippen LogP contribution is 2.31. The van der Waals surface area contributed by atoms with E-state index in [4.69, 9.17) is 4.42 Å². The van der Waals surface area contributed by atoms with Gasteiger partial charge in [0.2, 0.25) is 11.8 Å². The summed E-state index contributed by atoms with van der Waals surface area (Å²) in [5, 5.41) is 10.4. The summed E-state index contributed by atoms with van der Waals surface area (Å²) >= 11 is 0. The van der Waals surface area contributed by atoms with Crippen molar-refractivity contribution in [1.82, 2.24) is 10.2 Å². The maximum absolute atomic E-state index is 12.3. The Morgan fingerprint density at radius 1 is 1.07 bits per heavy atom. The van der Waals surface area contributed by atoms with E-state index in [0.717, 1.165) is 11.3 Å². The first-order chi connectivity index (χ1) is 13.7. The van der Waals surface area contributed by atoms with Crippen LogP contribution in [0, 0.1) is 0 Å². The number of nitrogens with one attached hydrogen (secondary N) is 1. The lowest BCUT2D eigenvalue weighted by atomic mass is 10.1. The first-order valence-corrected chi connectivity index (χ1v) is 8.92. The van der Waals surface area contributed by atoms with E-state index in [9.17, 15) is 9.59 Å². The van der Waals surface area contributed by atoms with Crippen LogP contribution in [0.2, 0.25) is 0 Å². The number of anilines is 2. The predicted molar refractivity (Wildman–Crippen MR) is 105 cm³/mol. The van der Waals surface area contributed by atoms with Gasteiger partial charge in [-0.3, -0.25) is 14.9 Å². The number of carbonyl (C=O) groups excluding carboxylic acids is 2.